The Morgan fingerprint density at radius 1 is 1.41 bits per heavy atom. The highest BCUT2D eigenvalue weighted by molar-refractivity contribution is 9.10. The molecule has 0 N–H and O–H groups in total. The highest BCUT2D eigenvalue weighted by Crippen LogP contribution is 2.26. The summed E-state index contributed by atoms with van der Waals surface area (Å²) in [6, 6.07) is -0.0134. The molecule has 5 heteroatoms. The number of methoxy groups -OCH3 is 1. The second-order valence-electron chi connectivity index (χ2n) is 4.90. The summed E-state index contributed by atoms with van der Waals surface area (Å²) in [7, 11) is 1.38. The van der Waals surface area contributed by atoms with E-state index in [1.54, 1.807) is 0 Å². The standard InChI is InChI=1S/C12H20BrNO3/c1-12(2,13)11(16)14-7-5-4-6-9(14)8-10(15)17-3/h9H,4-8H2,1-3H3. The van der Waals surface area contributed by atoms with Gasteiger partial charge in [-0.25, -0.2) is 0 Å². The van der Waals surface area contributed by atoms with Gasteiger partial charge in [-0.05, 0) is 33.1 Å². The molecule has 1 saturated heterocycles. The average Bonchev–Trinajstić information content (AvgIpc) is 2.27. The molecule has 1 heterocycles. The fraction of sp³-hybridized carbons (Fsp3) is 0.833. The first-order valence-electron chi connectivity index (χ1n) is 5.93. The number of hydrogen-bond donors (Lipinski definition) is 0. The maximum atomic E-state index is 12.2. The first-order valence-corrected chi connectivity index (χ1v) is 6.72. The predicted octanol–water partition coefficient (Wildman–Crippen LogP) is 2.10. The van der Waals surface area contributed by atoms with Gasteiger partial charge in [0.15, 0.2) is 0 Å². The minimum atomic E-state index is -0.571. The smallest absolute Gasteiger partial charge is 0.307 e. The van der Waals surface area contributed by atoms with E-state index in [0.717, 1.165) is 25.8 Å². The van der Waals surface area contributed by atoms with Crippen LogP contribution in [0.4, 0.5) is 0 Å². The van der Waals surface area contributed by atoms with Crippen molar-refractivity contribution in [2.45, 2.75) is 49.9 Å². The van der Waals surface area contributed by atoms with Gasteiger partial charge in [0.05, 0.1) is 17.9 Å². The van der Waals surface area contributed by atoms with E-state index < -0.39 is 4.32 Å². The Labute approximate surface area is 111 Å². The molecule has 1 fully saturated rings. The van der Waals surface area contributed by atoms with E-state index in [2.05, 4.69) is 20.7 Å². The minimum Gasteiger partial charge on any atom is -0.469 e. The normalized spacial score (nSPS) is 21.2. The van der Waals surface area contributed by atoms with Gasteiger partial charge in [-0.2, -0.15) is 0 Å². The van der Waals surface area contributed by atoms with Gasteiger partial charge in [-0.1, -0.05) is 15.9 Å². The summed E-state index contributed by atoms with van der Waals surface area (Å²) in [6.07, 6.45) is 3.25. The van der Waals surface area contributed by atoms with E-state index in [9.17, 15) is 9.59 Å². The number of carbonyl (C=O) groups excluding carboxylic acids is 2. The molecule has 0 aromatic rings. The molecule has 0 aromatic carbocycles. The SMILES string of the molecule is COC(=O)CC1CCCCN1C(=O)C(C)(C)Br. The largest absolute Gasteiger partial charge is 0.469 e. The molecule has 4 nitrogen and oxygen atoms in total. The molecule has 0 aromatic heterocycles. The Bertz CT molecular complexity index is 299. The Morgan fingerprint density at radius 2 is 2.06 bits per heavy atom. The van der Waals surface area contributed by atoms with Crippen LogP contribution in [0.2, 0.25) is 0 Å². The fourth-order valence-corrected chi connectivity index (χ4v) is 2.33. The van der Waals surface area contributed by atoms with Crippen molar-refractivity contribution >= 4 is 27.8 Å². The molecule has 0 aliphatic carbocycles. The molecule has 1 rings (SSSR count). The summed E-state index contributed by atoms with van der Waals surface area (Å²) < 4.78 is 4.11. The summed E-state index contributed by atoms with van der Waals surface area (Å²) in [5.74, 6) is -0.201. The monoisotopic (exact) mass is 305 g/mol. The lowest BCUT2D eigenvalue weighted by atomic mass is 9.97. The van der Waals surface area contributed by atoms with Crippen LogP contribution in [0.5, 0.6) is 0 Å². The molecule has 1 atom stereocenters. The third-order valence-corrected chi connectivity index (χ3v) is 3.37. The van der Waals surface area contributed by atoms with Crippen molar-refractivity contribution < 1.29 is 14.3 Å². The van der Waals surface area contributed by atoms with Crippen molar-refractivity contribution in [3.63, 3.8) is 0 Å². The van der Waals surface area contributed by atoms with E-state index in [0.29, 0.717) is 6.42 Å². The van der Waals surface area contributed by atoms with Crippen LogP contribution in [0.1, 0.15) is 39.5 Å². The highest BCUT2D eigenvalue weighted by Gasteiger charge is 2.35. The van der Waals surface area contributed by atoms with E-state index in [-0.39, 0.29) is 17.9 Å². The van der Waals surface area contributed by atoms with Crippen LogP contribution in [-0.2, 0) is 14.3 Å². The van der Waals surface area contributed by atoms with Gasteiger partial charge in [0.1, 0.15) is 0 Å². The number of esters is 1. The number of amides is 1. The van der Waals surface area contributed by atoms with Gasteiger partial charge in [0.25, 0.3) is 0 Å². The molecule has 0 spiro atoms. The van der Waals surface area contributed by atoms with Crippen molar-refractivity contribution in [2.75, 3.05) is 13.7 Å². The second kappa shape index (κ2) is 5.85. The molecule has 0 saturated carbocycles. The van der Waals surface area contributed by atoms with Gasteiger partial charge >= 0.3 is 5.97 Å². The number of piperidine rings is 1. The third-order valence-electron chi connectivity index (χ3n) is 3.03. The van der Waals surface area contributed by atoms with Crippen molar-refractivity contribution in [3.05, 3.63) is 0 Å². The van der Waals surface area contributed by atoms with Crippen molar-refractivity contribution in [1.82, 2.24) is 4.90 Å². The Balaban J connectivity index is 2.72. The summed E-state index contributed by atoms with van der Waals surface area (Å²) in [5.41, 5.74) is 0. The van der Waals surface area contributed by atoms with Crippen LogP contribution in [-0.4, -0.2) is 40.8 Å². The molecule has 1 unspecified atom stereocenters. The second-order valence-corrected chi connectivity index (χ2v) is 6.88. The minimum absolute atomic E-state index is 0.0134. The number of halogens is 1. The Hall–Kier alpha value is -0.580. The summed E-state index contributed by atoms with van der Waals surface area (Å²) >= 11 is 3.38. The number of rotatable bonds is 3. The third kappa shape index (κ3) is 3.98. The molecular formula is C12H20BrNO3. The lowest BCUT2D eigenvalue weighted by molar-refractivity contribution is -0.145. The molecule has 0 radical (unpaired) electrons. The molecule has 1 amide bonds. The Kier molecular flexibility index (Phi) is 4.98. The summed E-state index contributed by atoms with van der Waals surface area (Å²) in [5, 5.41) is 0. The zero-order chi connectivity index (χ0) is 13.1. The predicted molar refractivity (Wildman–Crippen MR) is 69.0 cm³/mol. The van der Waals surface area contributed by atoms with Crippen LogP contribution in [0.25, 0.3) is 0 Å². The van der Waals surface area contributed by atoms with E-state index in [1.807, 2.05) is 18.7 Å². The topological polar surface area (TPSA) is 46.6 Å². The first kappa shape index (κ1) is 14.5. The van der Waals surface area contributed by atoms with Crippen LogP contribution in [0.3, 0.4) is 0 Å². The molecular weight excluding hydrogens is 286 g/mol. The number of alkyl halides is 1. The highest BCUT2D eigenvalue weighted by atomic mass is 79.9. The zero-order valence-electron chi connectivity index (χ0n) is 10.7. The van der Waals surface area contributed by atoms with Crippen molar-refractivity contribution in [2.24, 2.45) is 0 Å². The number of nitrogens with zero attached hydrogens (tertiary/aromatic N) is 1. The molecule has 0 bridgehead atoms. The molecule has 17 heavy (non-hydrogen) atoms. The lowest BCUT2D eigenvalue weighted by Crippen LogP contribution is -2.50. The van der Waals surface area contributed by atoms with Gasteiger partial charge in [-0.15, -0.1) is 0 Å². The fourth-order valence-electron chi connectivity index (χ4n) is 2.10. The molecule has 1 aliphatic heterocycles. The Morgan fingerprint density at radius 3 is 2.59 bits per heavy atom. The van der Waals surface area contributed by atoms with Crippen LogP contribution in [0.15, 0.2) is 0 Å². The number of hydrogen-bond acceptors (Lipinski definition) is 3. The van der Waals surface area contributed by atoms with E-state index >= 15 is 0 Å². The number of ether oxygens (including phenoxy) is 1. The van der Waals surface area contributed by atoms with Crippen LogP contribution >= 0.6 is 15.9 Å². The zero-order valence-corrected chi connectivity index (χ0v) is 12.2. The van der Waals surface area contributed by atoms with Gasteiger partial charge in [-0.3, -0.25) is 9.59 Å². The van der Waals surface area contributed by atoms with Crippen LogP contribution < -0.4 is 0 Å². The molecule has 98 valence electrons. The first-order chi connectivity index (χ1) is 7.86. The maximum absolute atomic E-state index is 12.2. The van der Waals surface area contributed by atoms with Crippen LogP contribution in [0, 0.1) is 0 Å². The van der Waals surface area contributed by atoms with Gasteiger partial charge in [0.2, 0.25) is 5.91 Å². The van der Waals surface area contributed by atoms with Crippen molar-refractivity contribution in [3.8, 4) is 0 Å². The van der Waals surface area contributed by atoms with E-state index in [1.165, 1.54) is 7.11 Å². The summed E-state index contributed by atoms with van der Waals surface area (Å²) in [4.78, 5) is 25.4. The number of likely N-dealkylation sites (tertiary alicyclic amines) is 1. The van der Waals surface area contributed by atoms with Gasteiger partial charge < -0.3 is 9.64 Å². The quantitative estimate of drug-likeness (QED) is 0.592. The molecule has 1 aliphatic rings. The van der Waals surface area contributed by atoms with Gasteiger partial charge in [0, 0.05) is 12.6 Å². The summed E-state index contributed by atoms with van der Waals surface area (Å²) in [6.45, 7) is 4.40. The van der Waals surface area contributed by atoms with Crippen molar-refractivity contribution in [1.29, 1.82) is 0 Å². The number of carbonyl (C=O) groups is 2. The van der Waals surface area contributed by atoms with E-state index in [4.69, 9.17) is 0 Å². The lowest BCUT2D eigenvalue weighted by Gasteiger charge is -2.38. The average molecular weight is 306 g/mol. The maximum Gasteiger partial charge on any atom is 0.307 e.